The average molecular weight is 363 g/mol. The van der Waals surface area contributed by atoms with Gasteiger partial charge in [0, 0.05) is 18.5 Å². The zero-order valence-electron chi connectivity index (χ0n) is 14.0. The fraction of sp³-hybridized carbons (Fsp3) is 0.263. The van der Waals surface area contributed by atoms with Crippen molar-refractivity contribution in [1.82, 2.24) is 5.32 Å². The van der Waals surface area contributed by atoms with E-state index in [2.05, 4.69) is 5.32 Å². The van der Waals surface area contributed by atoms with Crippen LogP contribution in [0.3, 0.4) is 0 Å². The molecule has 7 heteroatoms. The number of hydrogen-bond acceptors (Lipinski definition) is 3. The van der Waals surface area contributed by atoms with Gasteiger partial charge >= 0.3 is 5.97 Å². The summed E-state index contributed by atoms with van der Waals surface area (Å²) in [6, 6.07) is 11.7. The zero-order chi connectivity index (χ0) is 18.9. The molecule has 0 radical (unpaired) electrons. The van der Waals surface area contributed by atoms with Crippen molar-refractivity contribution in [1.29, 1.82) is 0 Å². The minimum Gasteiger partial charge on any atom is -0.481 e. The maximum absolute atomic E-state index is 13.5. The first-order valence-corrected chi connectivity index (χ1v) is 8.07. The number of ether oxygens (including phenoxy) is 1. The normalized spacial score (nSPS) is 11.6. The van der Waals surface area contributed by atoms with Gasteiger partial charge in [-0.25, -0.2) is 8.78 Å². The molecule has 2 aromatic carbocycles. The number of carboxylic acids is 1. The Morgan fingerprint density at radius 1 is 1.12 bits per heavy atom. The Morgan fingerprint density at radius 3 is 2.50 bits per heavy atom. The number of aliphatic carboxylic acids is 1. The van der Waals surface area contributed by atoms with Crippen molar-refractivity contribution in [3.63, 3.8) is 0 Å². The highest BCUT2D eigenvalue weighted by Crippen LogP contribution is 2.17. The van der Waals surface area contributed by atoms with Crippen molar-refractivity contribution in [2.45, 2.75) is 25.3 Å². The third-order valence-electron chi connectivity index (χ3n) is 3.65. The largest absolute Gasteiger partial charge is 0.481 e. The minimum absolute atomic E-state index is 0.0920. The highest BCUT2D eigenvalue weighted by molar-refractivity contribution is 5.78. The molecule has 0 spiro atoms. The summed E-state index contributed by atoms with van der Waals surface area (Å²) in [4.78, 5) is 22.9. The molecule has 0 aliphatic rings. The molecule has 0 saturated carbocycles. The van der Waals surface area contributed by atoms with Crippen molar-refractivity contribution >= 4 is 11.9 Å². The number of rotatable bonds is 9. The van der Waals surface area contributed by atoms with Gasteiger partial charge in [-0.05, 0) is 30.5 Å². The molecule has 138 valence electrons. The van der Waals surface area contributed by atoms with Gasteiger partial charge in [-0.2, -0.15) is 0 Å². The van der Waals surface area contributed by atoms with Crippen molar-refractivity contribution in [2.24, 2.45) is 0 Å². The Labute approximate surface area is 149 Å². The predicted octanol–water partition coefficient (Wildman–Crippen LogP) is 2.94. The number of nitrogens with one attached hydrogen (secondary N) is 1. The van der Waals surface area contributed by atoms with Gasteiger partial charge in [0.05, 0.1) is 0 Å². The maximum Gasteiger partial charge on any atom is 0.303 e. The van der Waals surface area contributed by atoms with Crippen molar-refractivity contribution < 1.29 is 28.2 Å². The van der Waals surface area contributed by atoms with Crippen LogP contribution in [0.2, 0.25) is 0 Å². The van der Waals surface area contributed by atoms with Crippen LogP contribution in [0.1, 0.15) is 18.4 Å². The number of carboxylic acid groups (broad SMARTS) is 1. The van der Waals surface area contributed by atoms with Crippen LogP contribution in [0.4, 0.5) is 8.78 Å². The summed E-state index contributed by atoms with van der Waals surface area (Å²) in [6.07, 6.45) is 0.622. The lowest BCUT2D eigenvalue weighted by atomic mass is 10.0. The van der Waals surface area contributed by atoms with Gasteiger partial charge in [0.1, 0.15) is 5.82 Å². The van der Waals surface area contributed by atoms with E-state index in [-0.39, 0.29) is 18.6 Å². The van der Waals surface area contributed by atoms with Gasteiger partial charge in [0.25, 0.3) is 5.91 Å². The lowest BCUT2D eigenvalue weighted by Gasteiger charge is -2.18. The molecular formula is C19H19F2NO4. The summed E-state index contributed by atoms with van der Waals surface area (Å²) in [5.41, 5.74) is 0.952. The molecule has 1 atom stereocenters. The Balaban J connectivity index is 1.92. The third-order valence-corrected chi connectivity index (χ3v) is 3.65. The monoisotopic (exact) mass is 363 g/mol. The van der Waals surface area contributed by atoms with E-state index in [9.17, 15) is 18.4 Å². The molecule has 2 aromatic rings. The molecule has 2 N–H and O–H groups in total. The number of carbonyl (C=O) groups is 2. The van der Waals surface area contributed by atoms with E-state index < -0.39 is 36.2 Å². The Bertz CT molecular complexity index is 752. The summed E-state index contributed by atoms with van der Waals surface area (Å²) in [5, 5.41) is 11.6. The summed E-state index contributed by atoms with van der Waals surface area (Å²) in [6.45, 7) is -0.457. The fourth-order valence-electron chi connectivity index (χ4n) is 2.43. The van der Waals surface area contributed by atoms with E-state index in [0.29, 0.717) is 12.5 Å². The highest BCUT2D eigenvalue weighted by Gasteiger charge is 2.16. The maximum atomic E-state index is 13.5. The summed E-state index contributed by atoms with van der Waals surface area (Å²) in [7, 11) is 0. The second-order valence-corrected chi connectivity index (χ2v) is 5.75. The lowest BCUT2D eigenvalue weighted by molar-refractivity contribution is -0.137. The second kappa shape index (κ2) is 9.50. The Hall–Kier alpha value is -2.96. The average Bonchev–Trinajstić information content (AvgIpc) is 2.60. The van der Waals surface area contributed by atoms with Crippen LogP contribution in [0.15, 0.2) is 48.5 Å². The smallest absolute Gasteiger partial charge is 0.303 e. The van der Waals surface area contributed by atoms with E-state index in [0.717, 1.165) is 17.7 Å². The van der Waals surface area contributed by atoms with Gasteiger partial charge in [0.2, 0.25) is 0 Å². The Kier molecular flexibility index (Phi) is 7.08. The SMILES string of the molecule is O=C(O)CCC(Cc1ccccc1)NC(=O)COc1ccc(F)cc1F. The number of hydrogen-bond donors (Lipinski definition) is 2. The van der Waals surface area contributed by atoms with Gasteiger partial charge in [-0.3, -0.25) is 9.59 Å². The second-order valence-electron chi connectivity index (χ2n) is 5.75. The van der Waals surface area contributed by atoms with Crippen LogP contribution in [0.25, 0.3) is 0 Å². The van der Waals surface area contributed by atoms with Crippen LogP contribution in [0, 0.1) is 11.6 Å². The molecule has 0 bridgehead atoms. The van der Waals surface area contributed by atoms with E-state index in [4.69, 9.17) is 9.84 Å². The third kappa shape index (κ3) is 6.51. The first-order chi connectivity index (χ1) is 12.4. The number of benzene rings is 2. The zero-order valence-corrected chi connectivity index (χ0v) is 14.0. The summed E-state index contributed by atoms with van der Waals surface area (Å²) in [5.74, 6) is -3.34. The van der Waals surface area contributed by atoms with Gasteiger partial charge < -0.3 is 15.2 Å². The van der Waals surface area contributed by atoms with Crippen molar-refractivity contribution in [3.8, 4) is 5.75 Å². The molecular weight excluding hydrogens is 344 g/mol. The molecule has 0 aliphatic carbocycles. The number of carbonyl (C=O) groups excluding carboxylic acids is 1. The predicted molar refractivity (Wildman–Crippen MR) is 90.8 cm³/mol. The van der Waals surface area contributed by atoms with Crippen LogP contribution in [-0.2, 0) is 16.0 Å². The first kappa shape index (κ1) is 19.4. The van der Waals surface area contributed by atoms with Crippen molar-refractivity contribution in [2.75, 3.05) is 6.61 Å². The molecule has 0 aliphatic heterocycles. The van der Waals surface area contributed by atoms with Gasteiger partial charge in [-0.15, -0.1) is 0 Å². The van der Waals surface area contributed by atoms with Crippen LogP contribution in [-0.4, -0.2) is 29.6 Å². The molecule has 0 fully saturated rings. The van der Waals surface area contributed by atoms with E-state index >= 15 is 0 Å². The topological polar surface area (TPSA) is 75.6 Å². The van der Waals surface area contributed by atoms with E-state index in [1.807, 2.05) is 30.3 Å². The number of amides is 1. The van der Waals surface area contributed by atoms with Crippen LogP contribution < -0.4 is 10.1 Å². The summed E-state index contributed by atoms with van der Waals surface area (Å²) >= 11 is 0. The molecule has 26 heavy (non-hydrogen) atoms. The van der Waals surface area contributed by atoms with Crippen molar-refractivity contribution in [3.05, 3.63) is 65.7 Å². The van der Waals surface area contributed by atoms with Crippen LogP contribution >= 0.6 is 0 Å². The lowest BCUT2D eigenvalue weighted by Crippen LogP contribution is -2.39. The molecule has 0 heterocycles. The molecule has 5 nitrogen and oxygen atoms in total. The molecule has 1 amide bonds. The standard InChI is InChI=1S/C19H19F2NO4/c20-14-6-8-17(16(21)11-14)26-12-18(23)22-15(7-9-19(24)25)10-13-4-2-1-3-5-13/h1-6,8,11,15H,7,9-10,12H2,(H,22,23)(H,24,25). The molecule has 2 rings (SSSR count). The summed E-state index contributed by atoms with van der Waals surface area (Å²) < 4.78 is 31.4. The van der Waals surface area contributed by atoms with Gasteiger partial charge in [-0.1, -0.05) is 30.3 Å². The van der Waals surface area contributed by atoms with E-state index in [1.54, 1.807) is 0 Å². The minimum atomic E-state index is -0.957. The molecule has 0 saturated heterocycles. The number of halogens is 2. The first-order valence-electron chi connectivity index (χ1n) is 8.07. The molecule has 1 unspecified atom stereocenters. The highest BCUT2D eigenvalue weighted by atomic mass is 19.1. The molecule has 0 aromatic heterocycles. The fourth-order valence-corrected chi connectivity index (χ4v) is 2.43. The van der Waals surface area contributed by atoms with E-state index in [1.165, 1.54) is 0 Å². The Morgan fingerprint density at radius 2 is 1.85 bits per heavy atom. The van der Waals surface area contributed by atoms with Crippen LogP contribution in [0.5, 0.6) is 5.75 Å². The quantitative estimate of drug-likeness (QED) is 0.718. The van der Waals surface area contributed by atoms with Gasteiger partial charge in [0.15, 0.2) is 18.2 Å².